The molecule has 0 aliphatic heterocycles. The Hall–Kier alpha value is -2.71. The lowest BCUT2D eigenvalue weighted by atomic mass is 10.1. The fourth-order valence-corrected chi connectivity index (χ4v) is 4.65. The van der Waals surface area contributed by atoms with Crippen LogP contribution in [0.3, 0.4) is 0 Å². The lowest BCUT2D eigenvalue weighted by Crippen LogP contribution is -2.22. The number of hydrogen-bond acceptors (Lipinski definition) is 7. The molecule has 8 heteroatoms. The summed E-state index contributed by atoms with van der Waals surface area (Å²) in [6, 6.07) is 8.10. The topological polar surface area (TPSA) is 81.2 Å². The van der Waals surface area contributed by atoms with Crippen LogP contribution in [0.25, 0.3) is 10.9 Å². The number of rotatable bonds is 7. The van der Waals surface area contributed by atoms with Crippen molar-refractivity contribution in [3.63, 3.8) is 0 Å². The first kappa shape index (κ1) is 22.0. The summed E-state index contributed by atoms with van der Waals surface area (Å²) in [5.74, 6) is -0.678. The fourth-order valence-electron chi connectivity index (χ4n) is 2.87. The maximum Gasteiger partial charge on any atom is 0.350 e. The number of carbonyl (C=O) groups is 2. The van der Waals surface area contributed by atoms with Crippen molar-refractivity contribution in [3.05, 3.63) is 58.6 Å². The molecule has 0 saturated heterocycles. The summed E-state index contributed by atoms with van der Waals surface area (Å²) >= 11 is 2.49. The molecule has 2 aromatic heterocycles. The van der Waals surface area contributed by atoms with Crippen molar-refractivity contribution < 1.29 is 14.3 Å². The number of thiazole rings is 1. The summed E-state index contributed by atoms with van der Waals surface area (Å²) in [5, 5.41) is 4.68. The number of para-hydroxylation sites is 1. The molecule has 156 valence electrons. The van der Waals surface area contributed by atoms with Crippen molar-refractivity contribution in [1.29, 1.82) is 0 Å². The lowest BCUT2D eigenvalue weighted by molar-refractivity contribution is -0.115. The molecule has 1 unspecified atom stereocenters. The molecular formula is C22H23N3O3S2. The third kappa shape index (κ3) is 4.88. The van der Waals surface area contributed by atoms with Gasteiger partial charge in [-0.25, -0.2) is 14.8 Å². The minimum Gasteiger partial charge on any atom is -0.457 e. The summed E-state index contributed by atoms with van der Waals surface area (Å²) in [7, 11) is 0. The second kappa shape index (κ2) is 9.40. The number of carbonyl (C=O) groups excluding carboxylic acids is 2. The van der Waals surface area contributed by atoms with Gasteiger partial charge in [-0.2, -0.15) is 0 Å². The molecule has 30 heavy (non-hydrogen) atoms. The average Bonchev–Trinajstić information content (AvgIpc) is 3.07. The van der Waals surface area contributed by atoms with Gasteiger partial charge in [0.05, 0.1) is 21.5 Å². The van der Waals surface area contributed by atoms with Gasteiger partial charge in [0.1, 0.15) is 11.5 Å². The Kier molecular flexibility index (Phi) is 6.89. The molecular weight excluding hydrogens is 418 g/mol. The number of hydrogen-bond donors (Lipinski definition) is 1. The molecule has 1 aromatic carbocycles. The summed E-state index contributed by atoms with van der Waals surface area (Å²) in [4.78, 5) is 34.1. The zero-order chi connectivity index (χ0) is 21.8. The third-order valence-corrected chi connectivity index (χ3v) is 6.51. The number of aryl methyl sites for hydroxylation is 3. The van der Waals surface area contributed by atoms with E-state index in [4.69, 9.17) is 9.72 Å². The molecule has 2 heterocycles. The maximum atomic E-state index is 12.7. The number of thioether (sulfide) groups is 1. The number of nitrogens with zero attached hydrogens (tertiary/aromatic N) is 2. The van der Waals surface area contributed by atoms with Crippen molar-refractivity contribution in [2.24, 2.45) is 0 Å². The number of esters is 1. The quantitative estimate of drug-likeness (QED) is 0.313. The Morgan fingerprint density at radius 1 is 1.27 bits per heavy atom. The first-order valence-electron chi connectivity index (χ1n) is 9.40. The SMILES string of the molecule is C=CCOC(=O)c1sc(NC(=O)C(C)Sc2cc(C)c3cccc(C)c3n2)nc1C. The number of ether oxygens (including phenoxy) is 1. The Balaban J connectivity index is 1.71. The van der Waals surface area contributed by atoms with Crippen LogP contribution in [-0.4, -0.2) is 33.7 Å². The van der Waals surface area contributed by atoms with Gasteiger partial charge in [0.25, 0.3) is 0 Å². The predicted octanol–water partition coefficient (Wildman–Crippen LogP) is 5.08. The predicted molar refractivity (Wildman–Crippen MR) is 122 cm³/mol. The Labute approximate surface area is 183 Å². The number of benzene rings is 1. The van der Waals surface area contributed by atoms with Crippen LogP contribution in [0.1, 0.15) is 33.4 Å². The normalized spacial score (nSPS) is 11.9. The minimum atomic E-state index is -0.473. The first-order chi connectivity index (χ1) is 14.3. The Morgan fingerprint density at radius 3 is 2.77 bits per heavy atom. The third-order valence-electron chi connectivity index (χ3n) is 4.44. The van der Waals surface area contributed by atoms with Gasteiger partial charge in [0.2, 0.25) is 5.91 Å². The second-order valence-electron chi connectivity index (χ2n) is 6.82. The van der Waals surface area contributed by atoms with Gasteiger partial charge in [-0.15, -0.1) is 0 Å². The molecule has 6 nitrogen and oxygen atoms in total. The van der Waals surface area contributed by atoms with E-state index in [9.17, 15) is 9.59 Å². The van der Waals surface area contributed by atoms with Crippen LogP contribution in [0, 0.1) is 20.8 Å². The van der Waals surface area contributed by atoms with E-state index in [0.29, 0.717) is 15.7 Å². The molecule has 1 atom stereocenters. The molecule has 0 aliphatic rings. The molecule has 0 radical (unpaired) electrons. The molecule has 1 N–H and O–H groups in total. The number of nitrogens with one attached hydrogen (secondary N) is 1. The van der Waals surface area contributed by atoms with Crippen molar-refractivity contribution in [2.75, 3.05) is 11.9 Å². The zero-order valence-electron chi connectivity index (χ0n) is 17.3. The lowest BCUT2D eigenvalue weighted by Gasteiger charge is -2.12. The Morgan fingerprint density at radius 2 is 2.03 bits per heavy atom. The van der Waals surface area contributed by atoms with Gasteiger partial charge in [0, 0.05) is 5.39 Å². The molecule has 0 bridgehead atoms. The van der Waals surface area contributed by atoms with Crippen molar-refractivity contribution in [1.82, 2.24) is 9.97 Å². The van der Waals surface area contributed by atoms with Gasteiger partial charge in [-0.05, 0) is 44.9 Å². The number of pyridine rings is 1. The number of anilines is 1. The molecule has 0 spiro atoms. The average molecular weight is 442 g/mol. The largest absolute Gasteiger partial charge is 0.457 e. The number of fused-ring (bicyclic) bond motifs is 1. The second-order valence-corrected chi connectivity index (χ2v) is 9.18. The Bertz CT molecular complexity index is 1120. The maximum absolute atomic E-state index is 12.7. The summed E-state index contributed by atoms with van der Waals surface area (Å²) in [6.45, 7) is 11.2. The summed E-state index contributed by atoms with van der Waals surface area (Å²) in [6.07, 6.45) is 1.50. The zero-order valence-corrected chi connectivity index (χ0v) is 18.9. The highest BCUT2D eigenvalue weighted by atomic mass is 32.2. The summed E-state index contributed by atoms with van der Waals surface area (Å²) < 4.78 is 5.05. The molecule has 0 aliphatic carbocycles. The van der Waals surface area contributed by atoms with Gasteiger partial charge in [0.15, 0.2) is 5.13 Å². The number of aromatic nitrogens is 2. The first-order valence-corrected chi connectivity index (χ1v) is 11.1. The van der Waals surface area contributed by atoms with Crippen molar-refractivity contribution >= 4 is 51.0 Å². The smallest absolute Gasteiger partial charge is 0.350 e. The van der Waals surface area contributed by atoms with Crippen molar-refractivity contribution in [3.8, 4) is 0 Å². The standard InChI is InChI=1S/C22H23N3O3S2/c1-6-10-28-21(27)19-14(4)23-22(30-19)25-20(26)15(5)29-17-11-13(3)16-9-7-8-12(2)18(16)24-17/h6-9,11,15H,1,10H2,2-5H3,(H,23,25,26). The van der Waals surface area contributed by atoms with E-state index < -0.39 is 11.2 Å². The monoisotopic (exact) mass is 441 g/mol. The molecule has 0 saturated carbocycles. The van der Waals surface area contributed by atoms with Crippen LogP contribution in [-0.2, 0) is 9.53 Å². The van der Waals surface area contributed by atoms with Gasteiger partial charge >= 0.3 is 5.97 Å². The minimum absolute atomic E-state index is 0.128. The fraction of sp³-hybridized carbons (Fsp3) is 0.273. The van der Waals surface area contributed by atoms with E-state index in [2.05, 4.69) is 22.9 Å². The van der Waals surface area contributed by atoms with Gasteiger partial charge in [-0.1, -0.05) is 54.0 Å². The van der Waals surface area contributed by atoms with Gasteiger partial charge < -0.3 is 10.1 Å². The molecule has 3 rings (SSSR count). The highest BCUT2D eigenvalue weighted by Crippen LogP contribution is 2.29. The molecule has 3 aromatic rings. The van der Waals surface area contributed by atoms with Crippen LogP contribution in [0.2, 0.25) is 0 Å². The van der Waals surface area contributed by atoms with Crippen LogP contribution in [0.5, 0.6) is 0 Å². The summed E-state index contributed by atoms with van der Waals surface area (Å²) in [5.41, 5.74) is 3.69. The highest BCUT2D eigenvalue weighted by Gasteiger charge is 2.21. The van der Waals surface area contributed by atoms with E-state index >= 15 is 0 Å². The van der Waals surface area contributed by atoms with Crippen LogP contribution < -0.4 is 5.32 Å². The highest BCUT2D eigenvalue weighted by molar-refractivity contribution is 8.00. The van der Waals surface area contributed by atoms with Crippen LogP contribution in [0.4, 0.5) is 5.13 Å². The van der Waals surface area contributed by atoms with E-state index in [1.807, 2.05) is 39.0 Å². The van der Waals surface area contributed by atoms with E-state index in [1.54, 1.807) is 6.92 Å². The van der Waals surface area contributed by atoms with E-state index in [1.165, 1.54) is 17.8 Å². The molecule has 0 fully saturated rings. The van der Waals surface area contributed by atoms with Crippen LogP contribution in [0.15, 0.2) is 41.9 Å². The van der Waals surface area contributed by atoms with E-state index in [-0.39, 0.29) is 12.5 Å². The van der Waals surface area contributed by atoms with Crippen LogP contribution >= 0.6 is 23.1 Å². The van der Waals surface area contributed by atoms with E-state index in [0.717, 1.165) is 38.4 Å². The van der Waals surface area contributed by atoms with Gasteiger partial charge in [-0.3, -0.25) is 4.79 Å². The van der Waals surface area contributed by atoms with Crippen molar-refractivity contribution in [2.45, 2.75) is 38.0 Å². The molecule has 1 amide bonds. The number of amides is 1.